The average Bonchev–Trinajstić information content (AvgIpc) is 3.36. The number of aliphatic hydroxyl groups is 1. The predicted octanol–water partition coefficient (Wildman–Crippen LogP) is 0.100. The van der Waals surface area contributed by atoms with Gasteiger partial charge in [0.1, 0.15) is 18.2 Å². The van der Waals surface area contributed by atoms with Gasteiger partial charge in [-0.25, -0.2) is 9.59 Å². The van der Waals surface area contributed by atoms with Crippen molar-refractivity contribution in [3.8, 4) is 12.1 Å². The third kappa shape index (κ3) is 5.97. The van der Waals surface area contributed by atoms with Crippen LogP contribution in [0.4, 0.5) is 0 Å². The van der Waals surface area contributed by atoms with Gasteiger partial charge in [-0.15, -0.1) is 0 Å². The number of nitriles is 2. The molecule has 4 heterocycles. The number of H-pyrrole nitrogens is 2. The predicted molar refractivity (Wildman–Crippen MR) is 149 cm³/mol. The van der Waals surface area contributed by atoms with E-state index in [-0.39, 0.29) is 29.8 Å². The van der Waals surface area contributed by atoms with Crippen LogP contribution < -0.4 is 22.5 Å². The number of aromatic amines is 2. The summed E-state index contributed by atoms with van der Waals surface area (Å²) in [5.41, 5.74) is -6.37. The van der Waals surface area contributed by atoms with Crippen molar-refractivity contribution in [2.75, 3.05) is 0 Å². The van der Waals surface area contributed by atoms with Crippen LogP contribution in [-0.2, 0) is 30.5 Å². The van der Waals surface area contributed by atoms with Gasteiger partial charge >= 0.3 is 17.3 Å². The third-order valence-electron chi connectivity index (χ3n) is 7.72. The number of rotatable bonds is 5. The summed E-state index contributed by atoms with van der Waals surface area (Å²) in [6.07, 6.45) is -0.537. The molecule has 2 aliphatic rings. The lowest BCUT2D eigenvalue weighted by atomic mass is 9.90. The Morgan fingerprint density at radius 2 is 1.30 bits per heavy atom. The van der Waals surface area contributed by atoms with Crippen LogP contribution in [0.1, 0.15) is 48.5 Å². The summed E-state index contributed by atoms with van der Waals surface area (Å²) < 4.78 is 18.8. The molecule has 15 nitrogen and oxygen atoms in total. The van der Waals surface area contributed by atoms with E-state index in [0.29, 0.717) is 0 Å². The second-order valence-corrected chi connectivity index (χ2v) is 11.4. The van der Waals surface area contributed by atoms with E-state index in [9.17, 15) is 39.6 Å². The second kappa shape index (κ2) is 12.5. The van der Waals surface area contributed by atoms with E-state index < -0.39 is 58.2 Å². The fourth-order valence-electron chi connectivity index (χ4n) is 5.72. The van der Waals surface area contributed by atoms with Crippen LogP contribution in [0.15, 0.2) is 43.7 Å². The maximum atomic E-state index is 12.1. The Bertz CT molecular complexity index is 1660. The van der Waals surface area contributed by atoms with Gasteiger partial charge in [0.2, 0.25) is 0 Å². The monoisotopic (exact) mass is 600 g/mol. The Labute approximate surface area is 246 Å². The topological polar surface area (TPSA) is 222 Å². The number of nitrogens with zero attached hydrogens (tertiary/aromatic N) is 4. The molecule has 0 bridgehead atoms. The summed E-state index contributed by atoms with van der Waals surface area (Å²) in [6, 6.07) is 6.08. The van der Waals surface area contributed by atoms with E-state index in [1.165, 1.54) is 19.3 Å². The molecule has 0 amide bonds. The van der Waals surface area contributed by atoms with Crippen molar-refractivity contribution in [2.45, 2.75) is 84.3 Å². The van der Waals surface area contributed by atoms with Gasteiger partial charge in [-0.1, -0.05) is 41.5 Å². The minimum Gasteiger partial charge on any atom is -0.456 e. The molecule has 2 saturated heterocycles. The van der Waals surface area contributed by atoms with E-state index >= 15 is 0 Å². The van der Waals surface area contributed by atoms with Crippen molar-refractivity contribution < 1.29 is 24.1 Å². The molecule has 2 aromatic heterocycles. The van der Waals surface area contributed by atoms with Crippen LogP contribution in [0.3, 0.4) is 0 Å². The summed E-state index contributed by atoms with van der Waals surface area (Å²) >= 11 is 0. The molecule has 3 N–H and O–H groups in total. The van der Waals surface area contributed by atoms with Gasteiger partial charge in [0.25, 0.3) is 22.6 Å². The Kier molecular flexibility index (Phi) is 9.66. The van der Waals surface area contributed by atoms with E-state index in [1.54, 1.807) is 13.8 Å². The van der Waals surface area contributed by atoms with Crippen molar-refractivity contribution >= 4 is 5.97 Å². The van der Waals surface area contributed by atoms with Gasteiger partial charge in [-0.2, -0.15) is 10.5 Å². The fourth-order valence-corrected chi connectivity index (χ4v) is 5.72. The Balaban J connectivity index is 0.000000238. The van der Waals surface area contributed by atoms with Gasteiger partial charge in [0.05, 0.1) is 12.2 Å². The van der Waals surface area contributed by atoms with Crippen molar-refractivity contribution in [1.82, 2.24) is 19.1 Å². The van der Waals surface area contributed by atoms with Gasteiger partial charge in [-0.05, 0) is 11.8 Å². The summed E-state index contributed by atoms with van der Waals surface area (Å²) in [4.78, 5) is 62.0. The maximum absolute atomic E-state index is 12.1. The van der Waals surface area contributed by atoms with Gasteiger partial charge in [0.15, 0.2) is 6.10 Å². The number of esters is 1. The summed E-state index contributed by atoms with van der Waals surface area (Å²) in [5, 5.41) is 29.6. The zero-order valence-electron chi connectivity index (χ0n) is 24.9. The molecule has 2 fully saturated rings. The summed E-state index contributed by atoms with van der Waals surface area (Å²) in [6.45, 7) is 12.4. The van der Waals surface area contributed by atoms with Crippen molar-refractivity contribution in [3.05, 3.63) is 66.2 Å². The highest BCUT2D eigenvalue weighted by Gasteiger charge is 2.59. The van der Waals surface area contributed by atoms with Crippen molar-refractivity contribution in [1.29, 1.82) is 10.5 Å². The molecule has 0 aromatic carbocycles. The first-order chi connectivity index (χ1) is 20.1. The molecular weight excluding hydrogens is 564 g/mol. The Morgan fingerprint density at radius 3 is 1.67 bits per heavy atom. The van der Waals surface area contributed by atoms with Crippen LogP contribution in [0, 0.1) is 46.3 Å². The number of carbonyl (C=O) groups is 1. The molecule has 0 spiro atoms. The number of aliphatic hydroxyl groups excluding tert-OH is 1. The zero-order valence-corrected chi connectivity index (χ0v) is 24.9. The molecule has 15 heteroatoms. The molecule has 2 aliphatic heterocycles. The molecule has 0 aliphatic carbocycles. The lowest BCUT2D eigenvalue weighted by Gasteiger charge is -2.29. The minimum absolute atomic E-state index is 0.0387. The molecule has 0 radical (unpaired) electrons. The van der Waals surface area contributed by atoms with Crippen molar-refractivity contribution in [2.24, 2.45) is 23.7 Å². The average molecular weight is 601 g/mol. The van der Waals surface area contributed by atoms with E-state index in [4.69, 9.17) is 14.2 Å². The second-order valence-electron chi connectivity index (χ2n) is 11.4. The molecule has 43 heavy (non-hydrogen) atoms. The first kappa shape index (κ1) is 33.2. The van der Waals surface area contributed by atoms with Gasteiger partial charge < -0.3 is 19.3 Å². The quantitative estimate of drug-likeness (QED) is 0.390. The summed E-state index contributed by atoms with van der Waals surface area (Å²) in [7, 11) is 0. The largest absolute Gasteiger partial charge is 0.456 e. The van der Waals surface area contributed by atoms with Crippen LogP contribution in [0.5, 0.6) is 0 Å². The van der Waals surface area contributed by atoms with Gasteiger partial charge in [0, 0.05) is 43.3 Å². The number of nitrogens with one attached hydrogen (secondary N) is 2. The smallest absolute Gasteiger partial charge is 0.331 e. The molecule has 0 saturated carbocycles. The molecule has 2 aromatic rings. The normalized spacial score (nSPS) is 31.6. The Morgan fingerprint density at radius 1 is 0.884 bits per heavy atom. The SMILES string of the molecule is CC(=O)O[C@H]1[C@H](C)[C@@H](C(C)C)O[C@@]1(C#N)n1ccc(=O)[nH]c1=O.CC(C)[C@H]1O[C@@](C#N)(n2ccc(=O)[nH]c2=O)[C@@H](O)[C@@H]1C. The highest BCUT2D eigenvalue weighted by molar-refractivity contribution is 5.66. The number of aromatic nitrogens is 4. The highest BCUT2D eigenvalue weighted by atomic mass is 16.6. The number of hydrogen-bond acceptors (Lipinski definition) is 11. The first-order valence-corrected chi connectivity index (χ1v) is 13.7. The molecule has 0 unspecified atom stereocenters. The molecule has 4 rings (SSSR count). The molecule has 8 atom stereocenters. The van der Waals surface area contributed by atoms with Crippen LogP contribution >= 0.6 is 0 Å². The lowest BCUT2D eigenvalue weighted by molar-refractivity contribution is -0.163. The number of carbonyl (C=O) groups excluding carboxylic acids is 1. The van der Waals surface area contributed by atoms with Gasteiger partial charge in [-0.3, -0.25) is 33.5 Å². The maximum Gasteiger partial charge on any atom is 0.331 e. The van der Waals surface area contributed by atoms with Crippen molar-refractivity contribution in [3.63, 3.8) is 0 Å². The summed E-state index contributed by atoms with van der Waals surface area (Å²) in [5.74, 6) is -1.08. The number of hydrogen-bond donors (Lipinski definition) is 3. The lowest BCUT2D eigenvalue weighted by Crippen LogP contribution is -2.51. The fraction of sp³-hybridized carbons (Fsp3) is 0.607. The third-order valence-corrected chi connectivity index (χ3v) is 7.72. The van der Waals surface area contributed by atoms with E-state index in [1.807, 2.05) is 39.8 Å². The minimum atomic E-state index is -1.82. The number of ether oxygens (including phenoxy) is 3. The standard InChI is InChI=1S/C15H19N3O5.C13H17N3O4/c1-8(2)12-9(3)13(22-10(4)19)15(7-16,23-12)18-6-5-11(20)17-14(18)21;1-7(2)10-8(3)11(18)13(6-14,20-10)16-5-4-9(17)15-12(16)19/h5-6,8-9,12-13H,1-4H3,(H,17,20,21);4-5,7-8,10-11,18H,1-3H3,(H,15,17,19)/t9-,12-,13+,15-;8-,10-,11+,13-/m11/s1. The zero-order chi connectivity index (χ0) is 32.4. The van der Waals surface area contributed by atoms with Crippen LogP contribution in [-0.4, -0.2) is 54.6 Å². The van der Waals surface area contributed by atoms with E-state index in [0.717, 1.165) is 21.3 Å². The Hall–Kier alpha value is -4.31. The molecule has 232 valence electrons. The van der Waals surface area contributed by atoms with E-state index in [2.05, 4.69) is 9.97 Å². The highest BCUT2D eigenvalue weighted by Crippen LogP contribution is 2.43. The van der Waals surface area contributed by atoms with Crippen LogP contribution in [0.2, 0.25) is 0 Å². The first-order valence-electron chi connectivity index (χ1n) is 13.7. The molecular formula is C28H36N6O9. The van der Waals surface area contributed by atoms with Crippen LogP contribution in [0.25, 0.3) is 0 Å².